The van der Waals surface area contributed by atoms with Crippen LogP contribution in [0.1, 0.15) is 22.3 Å². The summed E-state index contributed by atoms with van der Waals surface area (Å²) in [5.74, 6) is 0. The topological polar surface area (TPSA) is 3.24 Å². The fourth-order valence-electron chi connectivity index (χ4n) is 12.2. The molecule has 0 aromatic heterocycles. The van der Waals surface area contributed by atoms with Crippen molar-refractivity contribution in [2.45, 2.75) is 5.41 Å². The molecule has 1 aliphatic carbocycles. The predicted molar refractivity (Wildman–Crippen MR) is 313 cm³/mol. The molecule has 0 saturated carbocycles. The lowest BCUT2D eigenvalue weighted by molar-refractivity contribution is 0.768. The Labute approximate surface area is 432 Å². The highest BCUT2D eigenvalue weighted by molar-refractivity contribution is 6.23. The molecule has 0 saturated heterocycles. The van der Waals surface area contributed by atoms with Gasteiger partial charge in [0.15, 0.2) is 0 Å². The fraction of sp³-hybridized carbons (Fsp3) is 0.0137. The average Bonchev–Trinajstić information content (AvgIpc) is 3.79. The van der Waals surface area contributed by atoms with E-state index in [9.17, 15) is 0 Å². The number of nitrogens with zero attached hydrogens (tertiary/aromatic N) is 1. The van der Waals surface area contributed by atoms with E-state index in [1.807, 2.05) is 0 Å². The summed E-state index contributed by atoms with van der Waals surface area (Å²) in [6.45, 7) is 0. The van der Waals surface area contributed by atoms with Crippen molar-refractivity contribution in [1.82, 2.24) is 0 Å². The van der Waals surface area contributed by atoms with Crippen molar-refractivity contribution in [2.75, 3.05) is 4.90 Å². The van der Waals surface area contributed by atoms with Gasteiger partial charge in [-0.15, -0.1) is 0 Å². The summed E-state index contributed by atoms with van der Waals surface area (Å²) in [5.41, 5.74) is 19.7. The summed E-state index contributed by atoms with van der Waals surface area (Å²) in [5, 5.41) is 7.26. The highest BCUT2D eigenvalue weighted by Crippen LogP contribution is 2.58. The molecule has 1 nitrogen and oxygen atoms in total. The van der Waals surface area contributed by atoms with Gasteiger partial charge < -0.3 is 4.90 Å². The lowest BCUT2D eigenvalue weighted by atomic mass is 9.68. The van der Waals surface area contributed by atoms with Crippen LogP contribution in [-0.2, 0) is 5.41 Å². The van der Waals surface area contributed by atoms with Crippen molar-refractivity contribution in [3.8, 4) is 55.6 Å². The third-order valence-corrected chi connectivity index (χ3v) is 15.5. The van der Waals surface area contributed by atoms with E-state index >= 15 is 0 Å². The summed E-state index contributed by atoms with van der Waals surface area (Å²) in [6.07, 6.45) is 0. The third-order valence-electron chi connectivity index (χ3n) is 15.5. The molecular formula is C73H49N. The monoisotopic (exact) mass is 939 g/mol. The zero-order chi connectivity index (χ0) is 49.0. The summed E-state index contributed by atoms with van der Waals surface area (Å²) in [7, 11) is 0. The number of rotatable bonds is 9. The Kier molecular flexibility index (Phi) is 10.5. The zero-order valence-corrected chi connectivity index (χ0v) is 40.7. The van der Waals surface area contributed by atoms with Gasteiger partial charge in [-0.05, 0) is 130 Å². The minimum atomic E-state index is -0.526. The van der Waals surface area contributed by atoms with Gasteiger partial charge in [0, 0.05) is 22.3 Å². The van der Waals surface area contributed by atoms with Crippen LogP contribution in [0.5, 0.6) is 0 Å². The SMILES string of the molecule is c1ccc(-c2ccc(-c3ccc(N(c4ccc5c(c4)-c4ccccc4C5(c4ccccc4)c4ccccc4)c4c(-c5ccc6ccccc6c5)c5ccccc5c5ccccc45)cc3-c3ccccc3)cc2)cc1. The molecule has 0 heterocycles. The second kappa shape index (κ2) is 17.9. The number of fused-ring (bicyclic) bond motifs is 7. The summed E-state index contributed by atoms with van der Waals surface area (Å²) in [4.78, 5) is 2.57. The van der Waals surface area contributed by atoms with Crippen molar-refractivity contribution in [3.63, 3.8) is 0 Å². The number of hydrogen-bond acceptors (Lipinski definition) is 1. The first-order valence-electron chi connectivity index (χ1n) is 25.7. The van der Waals surface area contributed by atoms with Crippen LogP contribution < -0.4 is 4.90 Å². The molecule has 13 aromatic rings. The van der Waals surface area contributed by atoms with E-state index < -0.39 is 5.41 Å². The van der Waals surface area contributed by atoms with Crippen LogP contribution in [0.25, 0.3) is 88.0 Å². The zero-order valence-electron chi connectivity index (χ0n) is 40.7. The molecule has 1 aliphatic rings. The molecule has 0 unspecified atom stereocenters. The van der Waals surface area contributed by atoms with Crippen LogP contribution in [0.4, 0.5) is 17.1 Å². The lowest BCUT2D eigenvalue weighted by Crippen LogP contribution is -2.28. The molecule has 13 aromatic carbocycles. The Hall–Kier alpha value is -9.56. The van der Waals surface area contributed by atoms with Gasteiger partial charge in [0.2, 0.25) is 0 Å². The maximum atomic E-state index is 2.57. The molecule has 346 valence electrons. The molecule has 0 fully saturated rings. The molecule has 0 spiro atoms. The van der Waals surface area contributed by atoms with Gasteiger partial charge in [0.05, 0.1) is 11.1 Å². The molecule has 14 rings (SSSR count). The minimum Gasteiger partial charge on any atom is -0.309 e. The van der Waals surface area contributed by atoms with Gasteiger partial charge in [-0.2, -0.15) is 0 Å². The molecular weight excluding hydrogens is 891 g/mol. The van der Waals surface area contributed by atoms with E-state index in [0.29, 0.717) is 0 Å². The van der Waals surface area contributed by atoms with E-state index in [1.54, 1.807) is 0 Å². The lowest BCUT2D eigenvalue weighted by Gasteiger charge is -2.34. The number of hydrogen-bond donors (Lipinski definition) is 0. The molecule has 0 radical (unpaired) electrons. The third kappa shape index (κ3) is 7.00. The van der Waals surface area contributed by atoms with Crippen molar-refractivity contribution in [1.29, 1.82) is 0 Å². The standard InChI is InChI=1S/C73H49N/c1-5-21-50(22-6-1)52-37-40-54(41-38-52)61-45-43-59(48-67(61)53-24-7-2-8-25-53)74(72-66-35-18-16-32-63(66)62-31-15-17-34-65(62)71(72)56-42-39-51-23-13-14-26-55(51)47-56)60-44-46-70-68(49-60)64-33-19-20-36-69(64)73(70,57-27-9-3-10-28-57)58-29-11-4-12-30-58/h1-49H. The molecule has 74 heavy (non-hydrogen) atoms. The van der Waals surface area contributed by atoms with E-state index in [4.69, 9.17) is 0 Å². The fourth-order valence-corrected chi connectivity index (χ4v) is 12.2. The van der Waals surface area contributed by atoms with E-state index in [-0.39, 0.29) is 0 Å². The number of anilines is 3. The van der Waals surface area contributed by atoms with Crippen LogP contribution in [-0.4, -0.2) is 0 Å². The van der Waals surface area contributed by atoms with Gasteiger partial charge in [0.1, 0.15) is 0 Å². The van der Waals surface area contributed by atoms with E-state index in [0.717, 1.165) is 28.2 Å². The minimum absolute atomic E-state index is 0.526. The Bertz CT molecular complexity index is 4180. The highest BCUT2D eigenvalue weighted by atomic mass is 15.1. The quantitative estimate of drug-likeness (QED) is 0.130. The van der Waals surface area contributed by atoms with Gasteiger partial charge >= 0.3 is 0 Å². The molecule has 1 heteroatoms. The van der Waals surface area contributed by atoms with Crippen LogP contribution >= 0.6 is 0 Å². The average molecular weight is 940 g/mol. The largest absolute Gasteiger partial charge is 0.309 e. The second-order valence-corrected chi connectivity index (χ2v) is 19.5. The molecule has 0 N–H and O–H groups in total. The van der Waals surface area contributed by atoms with Crippen LogP contribution in [0, 0.1) is 0 Å². The normalized spacial score (nSPS) is 12.4. The van der Waals surface area contributed by atoms with Gasteiger partial charge in [-0.25, -0.2) is 0 Å². The van der Waals surface area contributed by atoms with Crippen LogP contribution in [0.3, 0.4) is 0 Å². The van der Waals surface area contributed by atoms with Crippen LogP contribution in [0.2, 0.25) is 0 Å². The molecule has 0 amide bonds. The first-order chi connectivity index (χ1) is 36.7. The van der Waals surface area contributed by atoms with Crippen molar-refractivity contribution in [2.24, 2.45) is 0 Å². The van der Waals surface area contributed by atoms with Gasteiger partial charge in [-0.3, -0.25) is 0 Å². The summed E-state index contributed by atoms with van der Waals surface area (Å²) >= 11 is 0. The Balaban J connectivity index is 1.08. The first kappa shape index (κ1) is 43.2. The predicted octanol–water partition coefficient (Wildman–Crippen LogP) is 19.6. The Morgan fingerprint density at radius 3 is 1.39 bits per heavy atom. The maximum Gasteiger partial charge on any atom is 0.0713 e. The van der Waals surface area contributed by atoms with Crippen molar-refractivity contribution < 1.29 is 0 Å². The van der Waals surface area contributed by atoms with E-state index in [1.165, 1.54) is 99.1 Å². The van der Waals surface area contributed by atoms with Crippen molar-refractivity contribution in [3.05, 3.63) is 320 Å². The van der Waals surface area contributed by atoms with Crippen molar-refractivity contribution >= 4 is 49.4 Å². The maximum absolute atomic E-state index is 2.57. The summed E-state index contributed by atoms with van der Waals surface area (Å²) in [6, 6.07) is 110. The van der Waals surface area contributed by atoms with Crippen LogP contribution in [0.15, 0.2) is 297 Å². The Morgan fingerprint density at radius 2 is 0.703 bits per heavy atom. The molecule has 0 atom stereocenters. The van der Waals surface area contributed by atoms with Gasteiger partial charge in [0.25, 0.3) is 0 Å². The molecule has 0 bridgehead atoms. The second-order valence-electron chi connectivity index (χ2n) is 19.5. The highest BCUT2D eigenvalue weighted by Gasteiger charge is 2.46. The smallest absolute Gasteiger partial charge is 0.0713 e. The molecule has 0 aliphatic heterocycles. The summed E-state index contributed by atoms with van der Waals surface area (Å²) < 4.78 is 0. The van der Waals surface area contributed by atoms with E-state index in [2.05, 4.69) is 302 Å². The number of benzene rings is 13. The Morgan fingerprint density at radius 1 is 0.243 bits per heavy atom. The first-order valence-corrected chi connectivity index (χ1v) is 25.7. The van der Waals surface area contributed by atoms with Gasteiger partial charge in [-0.1, -0.05) is 267 Å².